The molecule has 0 aromatic rings. The van der Waals surface area contributed by atoms with E-state index in [1.165, 1.54) is 0 Å². The molecule has 2 unspecified atom stereocenters. The summed E-state index contributed by atoms with van der Waals surface area (Å²) in [6, 6.07) is 0. The van der Waals surface area contributed by atoms with Crippen molar-refractivity contribution < 1.29 is 10.2 Å². The number of nitrogens with zero attached hydrogens (tertiary/aromatic N) is 1. The van der Waals surface area contributed by atoms with Gasteiger partial charge in [-0.3, -0.25) is 4.90 Å². The molecule has 0 spiro atoms. The van der Waals surface area contributed by atoms with Crippen LogP contribution in [-0.2, 0) is 0 Å². The average molecular weight is 462 g/mol. The van der Waals surface area contributed by atoms with Crippen molar-refractivity contribution in [2.45, 2.75) is 77.4 Å². The number of thiol groups is 1. The molecule has 0 saturated carbocycles. The van der Waals surface area contributed by atoms with Crippen LogP contribution in [0.15, 0.2) is 72.9 Å². The zero-order valence-corrected chi connectivity index (χ0v) is 21.3. The molecule has 2 N–H and O–H groups in total. The summed E-state index contributed by atoms with van der Waals surface area (Å²) >= 11 is 4.33. The minimum absolute atomic E-state index is 0.433. The molecule has 0 aliphatic heterocycles. The predicted molar refractivity (Wildman–Crippen MR) is 145 cm³/mol. The van der Waals surface area contributed by atoms with Crippen molar-refractivity contribution in [3.05, 3.63) is 72.9 Å². The summed E-state index contributed by atoms with van der Waals surface area (Å²) in [5, 5.41) is 20.7. The molecule has 0 aromatic heterocycles. The van der Waals surface area contributed by atoms with Gasteiger partial charge in [0.05, 0.1) is 12.2 Å². The van der Waals surface area contributed by atoms with E-state index >= 15 is 0 Å². The monoisotopic (exact) mass is 461 g/mol. The summed E-state index contributed by atoms with van der Waals surface area (Å²) in [4.78, 5) is 2.10. The molecule has 0 saturated heterocycles. The zero-order chi connectivity index (χ0) is 23.7. The molecule has 0 bridgehead atoms. The van der Waals surface area contributed by atoms with Crippen molar-refractivity contribution in [2.75, 3.05) is 25.4 Å². The Labute approximate surface area is 203 Å². The van der Waals surface area contributed by atoms with E-state index in [-0.39, 0.29) is 0 Å². The molecule has 0 rings (SSSR count). The highest BCUT2D eigenvalue weighted by Crippen LogP contribution is 2.05. The lowest BCUT2D eigenvalue weighted by Crippen LogP contribution is -2.39. The predicted octanol–water partition coefficient (Wildman–Crippen LogP) is 6.44. The first-order valence-corrected chi connectivity index (χ1v) is 12.9. The molecule has 32 heavy (non-hydrogen) atoms. The van der Waals surface area contributed by atoms with Crippen molar-refractivity contribution in [3.63, 3.8) is 0 Å². The van der Waals surface area contributed by atoms with Gasteiger partial charge in [-0.15, -0.1) is 0 Å². The molecule has 2 atom stereocenters. The van der Waals surface area contributed by atoms with E-state index in [2.05, 4.69) is 92.1 Å². The summed E-state index contributed by atoms with van der Waals surface area (Å²) in [6.45, 7) is 6.14. The summed E-state index contributed by atoms with van der Waals surface area (Å²) < 4.78 is 0. The minimum Gasteiger partial charge on any atom is -0.391 e. The van der Waals surface area contributed by atoms with E-state index in [9.17, 15) is 10.2 Å². The zero-order valence-electron chi connectivity index (χ0n) is 20.4. The van der Waals surface area contributed by atoms with E-state index in [1.807, 2.05) is 12.2 Å². The van der Waals surface area contributed by atoms with Crippen LogP contribution in [0.2, 0.25) is 0 Å². The third-order valence-electron chi connectivity index (χ3n) is 4.73. The number of aliphatic hydroxyl groups excluding tert-OH is 2. The molecule has 0 aliphatic rings. The van der Waals surface area contributed by atoms with Gasteiger partial charge >= 0.3 is 0 Å². The first kappa shape index (κ1) is 30.7. The van der Waals surface area contributed by atoms with Crippen LogP contribution in [0.3, 0.4) is 0 Å². The molecular weight excluding hydrogens is 414 g/mol. The summed E-state index contributed by atoms with van der Waals surface area (Å²) in [5.41, 5.74) is 0. The molecule has 0 radical (unpaired) electrons. The lowest BCUT2D eigenvalue weighted by molar-refractivity contribution is 0.0752. The van der Waals surface area contributed by atoms with Crippen LogP contribution < -0.4 is 0 Å². The molecule has 0 aromatic carbocycles. The van der Waals surface area contributed by atoms with E-state index in [0.717, 1.165) is 45.1 Å². The molecule has 0 amide bonds. The van der Waals surface area contributed by atoms with Gasteiger partial charge in [0.15, 0.2) is 0 Å². The standard InChI is InChI=1S/C28H47NO2S/c1-3-5-7-9-11-13-15-17-19-21-27(30)25-29(23-24-32)26-28(31)22-20-18-16-14-12-10-8-6-4-2/h5-8,11-14,17-20,27-28,30-32H,3-4,9-10,15-16,21-26H2,1-2H3/b7-5-,8-6-,13-11-,14-12-,19-17-,20-18-. The molecule has 3 nitrogen and oxygen atoms in total. The van der Waals surface area contributed by atoms with Gasteiger partial charge in [0.2, 0.25) is 0 Å². The van der Waals surface area contributed by atoms with E-state index < -0.39 is 12.2 Å². The van der Waals surface area contributed by atoms with Gasteiger partial charge < -0.3 is 10.2 Å². The Kier molecular flexibility index (Phi) is 23.3. The highest BCUT2D eigenvalue weighted by atomic mass is 32.1. The maximum absolute atomic E-state index is 10.4. The van der Waals surface area contributed by atoms with Gasteiger partial charge in [0, 0.05) is 25.4 Å². The van der Waals surface area contributed by atoms with Crippen molar-refractivity contribution in [3.8, 4) is 0 Å². The Morgan fingerprint density at radius 2 is 0.938 bits per heavy atom. The third-order valence-corrected chi connectivity index (χ3v) is 4.93. The largest absolute Gasteiger partial charge is 0.391 e. The Morgan fingerprint density at radius 3 is 1.28 bits per heavy atom. The van der Waals surface area contributed by atoms with Crippen LogP contribution >= 0.6 is 12.6 Å². The Morgan fingerprint density at radius 1 is 0.594 bits per heavy atom. The van der Waals surface area contributed by atoms with Gasteiger partial charge in [0.25, 0.3) is 0 Å². The van der Waals surface area contributed by atoms with Gasteiger partial charge in [-0.25, -0.2) is 0 Å². The molecule has 0 fully saturated rings. The summed E-state index contributed by atoms with van der Waals surface area (Å²) in [6.07, 6.45) is 31.9. The summed E-state index contributed by atoms with van der Waals surface area (Å²) in [5.74, 6) is 0.708. The number of allylic oxidation sites excluding steroid dienone is 10. The van der Waals surface area contributed by atoms with E-state index in [1.54, 1.807) is 0 Å². The van der Waals surface area contributed by atoms with E-state index in [0.29, 0.717) is 31.7 Å². The Hall–Kier alpha value is -1.33. The fourth-order valence-corrected chi connectivity index (χ4v) is 3.35. The normalized spacial score (nSPS) is 15.2. The SMILES string of the molecule is CC/C=C\C/C=C\C/C=C\CC(O)CN(CCS)CC(O)C/C=C\C/C=C\C/C=C\CC. The minimum atomic E-state index is -0.433. The molecule has 0 aliphatic carbocycles. The maximum atomic E-state index is 10.4. The molecule has 4 heteroatoms. The first-order chi connectivity index (χ1) is 15.6. The van der Waals surface area contributed by atoms with Crippen LogP contribution in [0.1, 0.15) is 65.2 Å². The van der Waals surface area contributed by atoms with Crippen molar-refractivity contribution >= 4 is 12.6 Å². The third kappa shape index (κ3) is 21.9. The Balaban J connectivity index is 4.14. The van der Waals surface area contributed by atoms with E-state index in [4.69, 9.17) is 0 Å². The van der Waals surface area contributed by atoms with Crippen molar-refractivity contribution in [1.82, 2.24) is 4.90 Å². The fourth-order valence-electron chi connectivity index (χ4n) is 3.07. The van der Waals surface area contributed by atoms with Crippen LogP contribution in [-0.4, -0.2) is 52.7 Å². The fraction of sp³-hybridized carbons (Fsp3) is 0.571. The number of aliphatic hydroxyl groups is 2. The lowest BCUT2D eigenvalue weighted by Gasteiger charge is -2.26. The number of rotatable bonds is 20. The maximum Gasteiger partial charge on any atom is 0.0701 e. The molecule has 182 valence electrons. The number of hydrogen-bond acceptors (Lipinski definition) is 4. The molecule has 0 heterocycles. The van der Waals surface area contributed by atoms with Crippen molar-refractivity contribution in [1.29, 1.82) is 0 Å². The van der Waals surface area contributed by atoms with Gasteiger partial charge in [-0.1, -0.05) is 86.8 Å². The second-order valence-electron chi connectivity index (χ2n) is 7.85. The highest BCUT2D eigenvalue weighted by Gasteiger charge is 2.13. The quantitative estimate of drug-likeness (QED) is 0.144. The van der Waals surface area contributed by atoms with Crippen LogP contribution in [0.4, 0.5) is 0 Å². The number of hydrogen-bond donors (Lipinski definition) is 3. The van der Waals surface area contributed by atoms with Crippen LogP contribution in [0.25, 0.3) is 0 Å². The van der Waals surface area contributed by atoms with Crippen molar-refractivity contribution in [2.24, 2.45) is 0 Å². The van der Waals surface area contributed by atoms with Gasteiger partial charge in [-0.2, -0.15) is 12.6 Å². The van der Waals surface area contributed by atoms with Crippen LogP contribution in [0.5, 0.6) is 0 Å². The second-order valence-corrected chi connectivity index (χ2v) is 8.30. The van der Waals surface area contributed by atoms with Gasteiger partial charge in [-0.05, 0) is 51.4 Å². The average Bonchev–Trinajstić information content (AvgIpc) is 2.77. The van der Waals surface area contributed by atoms with Gasteiger partial charge in [0.1, 0.15) is 0 Å². The van der Waals surface area contributed by atoms with Crippen LogP contribution in [0, 0.1) is 0 Å². The molecular formula is C28H47NO2S. The smallest absolute Gasteiger partial charge is 0.0701 e. The topological polar surface area (TPSA) is 43.7 Å². The highest BCUT2D eigenvalue weighted by molar-refractivity contribution is 7.80. The second kappa shape index (κ2) is 24.3. The Bertz CT molecular complexity index is 530. The lowest BCUT2D eigenvalue weighted by atomic mass is 10.1. The summed E-state index contributed by atoms with van der Waals surface area (Å²) in [7, 11) is 0. The first-order valence-electron chi connectivity index (χ1n) is 12.2.